The van der Waals surface area contributed by atoms with E-state index < -0.39 is 0 Å². The van der Waals surface area contributed by atoms with E-state index in [0.717, 1.165) is 17.2 Å². The Hall–Kier alpha value is -1.75. The molecule has 15 heavy (non-hydrogen) atoms. The van der Waals surface area contributed by atoms with Gasteiger partial charge in [0.2, 0.25) is 0 Å². The SMILES string of the molecule is CNCc1nc(-c2cccnc2)nn1C. The number of aryl methyl sites for hydroxylation is 1. The normalized spacial score (nSPS) is 10.5. The maximum atomic E-state index is 4.42. The molecule has 0 unspecified atom stereocenters. The molecule has 0 fully saturated rings. The van der Waals surface area contributed by atoms with Crippen LogP contribution in [-0.2, 0) is 13.6 Å². The molecule has 1 N–H and O–H groups in total. The van der Waals surface area contributed by atoms with Gasteiger partial charge in [-0.05, 0) is 19.2 Å². The number of nitrogens with one attached hydrogen (secondary N) is 1. The highest BCUT2D eigenvalue weighted by Crippen LogP contribution is 2.12. The minimum absolute atomic E-state index is 0.712. The average molecular weight is 203 g/mol. The molecule has 0 aliphatic carbocycles. The second-order valence-electron chi connectivity index (χ2n) is 3.25. The zero-order valence-corrected chi connectivity index (χ0v) is 8.81. The molecule has 0 spiro atoms. The van der Waals surface area contributed by atoms with Crippen molar-refractivity contribution in [3.63, 3.8) is 0 Å². The van der Waals surface area contributed by atoms with Crippen LogP contribution in [0.25, 0.3) is 11.4 Å². The van der Waals surface area contributed by atoms with Crippen LogP contribution in [0.5, 0.6) is 0 Å². The van der Waals surface area contributed by atoms with Crippen LogP contribution in [0.2, 0.25) is 0 Å². The Morgan fingerprint density at radius 3 is 3.00 bits per heavy atom. The van der Waals surface area contributed by atoms with Gasteiger partial charge in [0.1, 0.15) is 5.82 Å². The first kappa shape index (κ1) is 9.79. The van der Waals surface area contributed by atoms with Gasteiger partial charge in [-0.2, -0.15) is 5.10 Å². The highest BCUT2D eigenvalue weighted by Gasteiger charge is 2.07. The van der Waals surface area contributed by atoms with Gasteiger partial charge in [0.15, 0.2) is 5.82 Å². The van der Waals surface area contributed by atoms with Crippen molar-refractivity contribution < 1.29 is 0 Å². The monoisotopic (exact) mass is 203 g/mol. The summed E-state index contributed by atoms with van der Waals surface area (Å²) in [6, 6.07) is 3.83. The Kier molecular flexibility index (Phi) is 2.73. The van der Waals surface area contributed by atoms with Crippen molar-refractivity contribution in [2.24, 2.45) is 7.05 Å². The van der Waals surface area contributed by atoms with Crippen molar-refractivity contribution >= 4 is 0 Å². The standard InChI is InChI=1S/C10H13N5/c1-11-7-9-13-10(14-15(9)2)8-4-3-5-12-6-8/h3-6,11H,7H2,1-2H3. The molecule has 0 bridgehead atoms. The molecule has 78 valence electrons. The molecule has 0 aliphatic heterocycles. The Balaban J connectivity index is 2.34. The van der Waals surface area contributed by atoms with E-state index in [1.807, 2.05) is 26.2 Å². The summed E-state index contributed by atoms with van der Waals surface area (Å²) in [7, 11) is 3.78. The van der Waals surface area contributed by atoms with Crippen molar-refractivity contribution in [2.75, 3.05) is 7.05 Å². The maximum Gasteiger partial charge on any atom is 0.182 e. The van der Waals surface area contributed by atoms with Crippen LogP contribution in [0.15, 0.2) is 24.5 Å². The lowest BCUT2D eigenvalue weighted by molar-refractivity contribution is 0.660. The summed E-state index contributed by atoms with van der Waals surface area (Å²) in [5.41, 5.74) is 0.940. The van der Waals surface area contributed by atoms with E-state index in [4.69, 9.17) is 0 Å². The quantitative estimate of drug-likeness (QED) is 0.793. The van der Waals surface area contributed by atoms with Crippen LogP contribution in [-0.4, -0.2) is 26.8 Å². The lowest BCUT2D eigenvalue weighted by atomic mass is 10.3. The molecule has 0 saturated carbocycles. The average Bonchev–Trinajstić information content (AvgIpc) is 2.63. The molecule has 2 aromatic heterocycles. The molecular weight excluding hydrogens is 190 g/mol. The molecule has 0 saturated heterocycles. The minimum Gasteiger partial charge on any atom is -0.313 e. The highest BCUT2D eigenvalue weighted by molar-refractivity contribution is 5.52. The van der Waals surface area contributed by atoms with E-state index in [1.54, 1.807) is 17.1 Å². The molecule has 2 aromatic rings. The van der Waals surface area contributed by atoms with Gasteiger partial charge in [-0.25, -0.2) is 4.98 Å². The van der Waals surface area contributed by atoms with Crippen molar-refractivity contribution in [2.45, 2.75) is 6.54 Å². The topological polar surface area (TPSA) is 55.6 Å². The van der Waals surface area contributed by atoms with Crippen LogP contribution in [0.4, 0.5) is 0 Å². The number of nitrogens with zero attached hydrogens (tertiary/aromatic N) is 4. The Morgan fingerprint density at radius 2 is 2.33 bits per heavy atom. The van der Waals surface area contributed by atoms with Crippen LogP contribution in [0.1, 0.15) is 5.82 Å². The molecular formula is C10H13N5. The molecule has 5 heteroatoms. The summed E-state index contributed by atoms with van der Waals surface area (Å²) >= 11 is 0. The van der Waals surface area contributed by atoms with Crippen molar-refractivity contribution in [1.29, 1.82) is 0 Å². The lowest BCUT2D eigenvalue weighted by Gasteiger charge is -1.95. The molecule has 0 amide bonds. The molecule has 0 aromatic carbocycles. The number of rotatable bonds is 3. The predicted octanol–water partition coefficient (Wildman–Crippen LogP) is 0.596. The van der Waals surface area contributed by atoms with E-state index >= 15 is 0 Å². The molecule has 0 atom stereocenters. The van der Waals surface area contributed by atoms with Gasteiger partial charge in [-0.3, -0.25) is 9.67 Å². The van der Waals surface area contributed by atoms with Gasteiger partial charge in [0.05, 0.1) is 6.54 Å². The summed E-state index contributed by atoms with van der Waals surface area (Å²) < 4.78 is 1.78. The summed E-state index contributed by atoms with van der Waals surface area (Å²) in [5.74, 6) is 1.63. The molecule has 2 rings (SSSR count). The van der Waals surface area contributed by atoms with Gasteiger partial charge < -0.3 is 5.32 Å². The fourth-order valence-electron chi connectivity index (χ4n) is 1.35. The van der Waals surface area contributed by atoms with Crippen LogP contribution < -0.4 is 5.32 Å². The number of pyridine rings is 1. The van der Waals surface area contributed by atoms with Crippen LogP contribution in [0, 0.1) is 0 Å². The second-order valence-corrected chi connectivity index (χ2v) is 3.25. The first-order chi connectivity index (χ1) is 7.31. The van der Waals surface area contributed by atoms with Gasteiger partial charge in [0.25, 0.3) is 0 Å². The zero-order chi connectivity index (χ0) is 10.7. The summed E-state index contributed by atoms with van der Waals surface area (Å²) in [5, 5.41) is 7.38. The molecule has 2 heterocycles. The van der Waals surface area contributed by atoms with Crippen molar-refractivity contribution in [3.05, 3.63) is 30.4 Å². The summed E-state index contributed by atoms with van der Waals surface area (Å²) in [4.78, 5) is 8.46. The van der Waals surface area contributed by atoms with E-state index in [2.05, 4.69) is 20.4 Å². The third-order valence-corrected chi connectivity index (χ3v) is 2.11. The molecule has 0 aliphatic rings. The largest absolute Gasteiger partial charge is 0.313 e. The lowest BCUT2D eigenvalue weighted by Crippen LogP contribution is -2.10. The van der Waals surface area contributed by atoms with Gasteiger partial charge in [-0.1, -0.05) is 0 Å². The van der Waals surface area contributed by atoms with E-state index in [-0.39, 0.29) is 0 Å². The Labute approximate surface area is 88.2 Å². The van der Waals surface area contributed by atoms with Crippen LogP contribution >= 0.6 is 0 Å². The maximum absolute atomic E-state index is 4.42. The minimum atomic E-state index is 0.712. The fraction of sp³-hybridized carbons (Fsp3) is 0.300. The molecule has 0 radical (unpaired) electrons. The summed E-state index contributed by atoms with van der Waals surface area (Å²) in [6.07, 6.45) is 3.50. The van der Waals surface area contributed by atoms with Gasteiger partial charge in [-0.15, -0.1) is 0 Å². The second kappa shape index (κ2) is 4.18. The number of aromatic nitrogens is 4. The Bertz CT molecular complexity index is 434. The third-order valence-electron chi connectivity index (χ3n) is 2.11. The summed E-state index contributed by atoms with van der Waals surface area (Å²) in [6.45, 7) is 0.712. The molecule has 5 nitrogen and oxygen atoms in total. The highest BCUT2D eigenvalue weighted by atomic mass is 15.3. The fourth-order valence-corrected chi connectivity index (χ4v) is 1.35. The first-order valence-corrected chi connectivity index (χ1v) is 4.76. The Morgan fingerprint density at radius 1 is 1.47 bits per heavy atom. The zero-order valence-electron chi connectivity index (χ0n) is 8.81. The van der Waals surface area contributed by atoms with E-state index in [0.29, 0.717) is 6.54 Å². The smallest absolute Gasteiger partial charge is 0.182 e. The van der Waals surface area contributed by atoms with Gasteiger partial charge in [0, 0.05) is 25.0 Å². The van der Waals surface area contributed by atoms with Gasteiger partial charge >= 0.3 is 0 Å². The predicted molar refractivity (Wildman–Crippen MR) is 57.0 cm³/mol. The van der Waals surface area contributed by atoms with E-state index in [9.17, 15) is 0 Å². The number of hydrogen-bond donors (Lipinski definition) is 1. The van der Waals surface area contributed by atoms with Crippen LogP contribution in [0.3, 0.4) is 0 Å². The first-order valence-electron chi connectivity index (χ1n) is 4.76. The van der Waals surface area contributed by atoms with Crippen molar-refractivity contribution in [3.8, 4) is 11.4 Å². The van der Waals surface area contributed by atoms with E-state index in [1.165, 1.54) is 0 Å². The number of hydrogen-bond acceptors (Lipinski definition) is 4. The third kappa shape index (κ3) is 2.02. The van der Waals surface area contributed by atoms with Crippen molar-refractivity contribution in [1.82, 2.24) is 25.1 Å².